The molecule has 0 aromatic carbocycles. The van der Waals surface area contributed by atoms with Crippen molar-refractivity contribution in [2.75, 3.05) is 7.11 Å². The summed E-state index contributed by atoms with van der Waals surface area (Å²) in [4.78, 5) is 10.8. The standard InChI is InChI=1S/C8H14N2O2/c1-12-8(11)7(10)5-3-2-4-6-9/h7H,2-5,10H2,1H3. The SMILES string of the molecule is COC(=O)C(N)CCCCC#N. The first-order valence-electron chi connectivity index (χ1n) is 3.92. The van der Waals surface area contributed by atoms with Crippen LogP contribution >= 0.6 is 0 Å². The fraction of sp³-hybridized carbons (Fsp3) is 0.750. The van der Waals surface area contributed by atoms with Crippen LogP contribution in [0.2, 0.25) is 0 Å². The number of methoxy groups -OCH3 is 1. The number of hydrogen-bond acceptors (Lipinski definition) is 4. The predicted molar refractivity (Wildman–Crippen MR) is 44.1 cm³/mol. The minimum Gasteiger partial charge on any atom is -0.468 e. The van der Waals surface area contributed by atoms with E-state index in [0.717, 1.165) is 12.8 Å². The van der Waals surface area contributed by atoms with Crippen LogP contribution in [-0.4, -0.2) is 19.1 Å². The number of nitriles is 1. The van der Waals surface area contributed by atoms with E-state index in [2.05, 4.69) is 4.74 Å². The van der Waals surface area contributed by atoms with Gasteiger partial charge in [-0.15, -0.1) is 0 Å². The predicted octanol–water partition coefficient (Wildman–Crippen LogP) is 0.571. The van der Waals surface area contributed by atoms with Crippen molar-refractivity contribution in [3.05, 3.63) is 0 Å². The summed E-state index contributed by atoms with van der Waals surface area (Å²) in [5, 5.41) is 8.21. The van der Waals surface area contributed by atoms with E-state index in [1.54, 1.807) is 0 Å². The lowest BCUT2D eigenvalue weighted by Gasteiger charge is -2.07. The number of nitrogens with two attached hydrogens (primary N) is 1. The Labute approximate surface area is 72.3 Å². The summed E-state index contributed by atoms with van der Waals surface area (Å²) in [6.45, 7) is 0. The molecule has 4 heteroatoms. The van der Waals surface area contributed by atoms with E-state index in [4.69, 9.17) is 11.0 Å². The van der Waals surface area contributed by atoms with Crippen LogP contribution in [0.15, 0.2) is 0 Å². The Morgan fingerprint density at radius 2 is 2.33 bits per heavy atom. The van der Waals surface area contributed by atoms with Crippen LogP contribution in [0, 0.1) is 11.3 Å². The number of unbranched alkanes of at least 4 members (excludes halogenated alkanes) is 2. The number of nitrogens with zero attached hydrogens (tertiary/aromatic N) is 1. The van der Waals surface area contributed by atoms with Crippen LogP contribution < -0.4 is 5.73 Å². The molecule has 0 aliphatic rings. The Kier molecular flexibility index (Phi) is 6.02. The van der Waals surface area contributed by atoms with Crippen LogP contribution in [0.4, 0.5) is 0 Å². The van der Waals surface area contributed by atoms with E-state index in [0.29, 0.717) is 12.8 Å². The number of rotatable bonds is 5. The first kappa shape index (κ1) is 10.9. The van der Waals surface area contributed by atoms with Crippen molar-refractivity contribution < 1.29 is 9.53 Å². The highest BCUT2D eigenvalue weighted by Gasteiger charge is 2.11. The molecule has 0 spiro atoms. The molecule has 1 atom stereocenters. The molecule has 0 saturated heterocycles. The van der Waals surface area contributed by atoms with Crippen LogP contribution in [0.5, 0.6) is 0 Å². The van der Waals surface area contributed by atoms with Gasteiger partial charge in [-0.25, -0.2) is 0 Å². The van der Waals surface area contributed by atoms with Gasteiger partial charge in [0.05, 0.1) is 13.2 Å². The van der Waals surface area contributed by atoms with Gasteiger partial charge in [0.15, 0.2) is 0 Å². The highest BCUT2D eigenvalue weighted by atomic mass is 16.5. The molecule has 0 saturated carbocycles. The van der Waals surface area contributed by atoms with Gasteiger partial charge in [0, 0.05) is 6.42 Å². The fourth-order valence-electron chi connectivity index (χ4n) is 0.838. The van der Waals surface area contributed by atoms with Gasteiger partial charge in [0.2, 0.25) is 0 Å². The summed E-state index contributed by atoms with van der Waals surface area (Å²) in [5.41, 5.74) is 5.45. The minimum atomic E-state index is -0.534. The molecule has 0 bridgehead atoms. The quantitative estimate of drug-likeness (QED) is 0.483. The molecule has 0 radical (unpaired) electrons. The van der Waals surface area contributed by atoms with E-state index >= 15 is 0 Å². The zero-order valence-electron chi connectivity index (χ0n) is 7.25. The van der Waals surface area contributed by atoms with E-state index in [9.17, 15) is 4.79 Å². The Bertz CT molecular complexity index is 174. The topological polar surface area (TPSA) is 76.1 Å². The fourth-order valence-corrected chi connectivity index (χ4v) is 0.838. The molecular formula is C8H14N2O2. The number of carbonyl (C=O) groups is 1. The molecule has 68 valence electrons. The van der Waals surface area contributed by atoms with E-state index in [1.807, 2.05) is 6.07 Å². The molecule has 4 nitrogen and oxygen atoms in total. The molecular weight excluding hydrogens is 156 g/mol. The molecule has 0 rings (SSSR count). The van der Waals surface area contributed by atoms with Crippen LogP contribution in [0.1, 0.15) is 25.7 Å². The highest BCUT2D eigenvalue weighted by Crippen LogP contribution is 2.02. The van der Waals surface area contributed by atoms with Gasteiger partial charge in [0.25, 0.3) is 0 Å². The minimum absolute atomic E-state index is 0.382. The van der Waals surface area contributed by atoms with Crippen LogP contribution in [0.25, 0.3) is 0 Å². The molecule has 0 amide bonds. The van der Waals surface area contributed by atoms with Gasteiger partial charge >= 0.3 is 5.97 Å². The Balaban J connectivity index is 3.38. The third-order valence-corrected chi connectivity index (χ3v) is 1.56. The maximum atomic E-state index is 10.8. The van der Waals surface area contributed by atoms with Crippen molar-refractivity contribution in [2.24, 2.45) is 5.73 Å². The zero-order chi connectivity index (χ0) is 9.40. The van der Waals surface area contributed by atoms with Crippen molar-refractivity contribution in [2.45, 2.75) is 31.7 Å². The molecule has 0 fully saturated rings. The second-order valence-electron chi connectivity index (χ2n) is 2.53. The monoisotopic (exact) mass is 170 g/mol. The van der Waals surface area contributed by atoms with Crippen LogP contribution in [-0.2, 0) is 9.53 Å². The Morgan fingerprint density at radius 3 is 2.83 bits per heavy atom. The van der Waals surface area contributed by atoms with Gasteiger partial charge in [0.1, 0.15) is 6.04 Å². The zero-order valence-corrected chi connectivity index (χ0v) is 7.25. The summed E-state index contributed by atoms with van der Waals surface area (Å²) in [6.07, 6.45) is 2.70. The second-order valence-corrected chi connectivity index (χ2v) is 2.53. The average molecular weight is 170 g/mol. The summed E-state index contributed by atoms with van der Waals surface area (Å²) in [6, 6.07) is 1.49. The molecule has 0 aliphatic heterocycles. The van der Waals surface area contributed by atoms with Gasteiger partial charge in [-0.1, -0.05) is 6.42 Å². The van der Waals surface area contributed by atoms with E-state index in [-0.39, 0.29) is 5.97 Å². The summed E-state index contributed by atoms with van der Waals surface area (Å²) in [7, 11) is 1.32. The van der Waals surface area contributed by atoms with Crippen molar-refractivity contribution in [1.82, 2.24) is 0 Å². The first-order chi connectivity index (χ1) is 5.72. The molecule has 2 N–H and O–H groups in total. The van der Waals surface area contributed by atoms with Gasteiger partial charge in [-0.2, -0.15) is 5.26 Å². The Morgan fingerprint density at radius 1 is 1.67 bits per heavy atom. The smallest absolute Gasteiger partial charge is 0.322 e. The first-order valence-corrected chi connectivity index (χ1v) is 3.92. The van der Waals surface area contributed by atoms with Gasteiger partial charge < -0.3 is 10.5 Å². The number of ether oxygens (including phenoxy) is 1. The largest absolute Gasteiger partial charge is 0.468 e. The lowest BCUT2D eigenvalue weighted by molar-refractivity contribution is -0.142. The number of carbonyl (C=O) groups excluding carboxylic acids is 1. The van der Waals surface area contributed by atoms with Crippen molar-refractivity contribution >= 4 is 5.97 Å². The molecule has 0 aromatic rings. The summed E-state index contributed by atoms with van der Waals surface area (Å²) >= 11 is 0. The molecule has 0 aliphatic carbocycles. The third kappa shape index (κ3) is 4.69. The lowest BCUT2D eigenvalue weighted by atomic mass is 10.1. The van der Waals surface area contributed by atoms with Gasteiger partial charge in [-0.3, -0.25) is 4.79 Å². The Hall–Kier alpha value is -1.08. The van der Waals surface area contributed by atoms with Crippen molar-refractivity contribution in [1.29, 1.82) is 5.26 Å². The maximum absolute atomic E-state index is 10.8. The normalized spacial score (nSPS) is 11.8. The van der Waals surface area contributed by atoms with Crippen molar-refractivity contribution in [3.63, 3.8) is 0 Å². The number of hydrogen-bond donors (Lipinski definition) is 1. The van der Waals surface area contributed by atoms with Crippen LogP contribution in [0.3, 0.4) is 0 Å². The van der Waals surface area contributed by atoms with Crippen molar-refractivity contribution in [3.8, 4) is 6.07 Å². The lowest BCUT2D eigenvalue weighted by Crippen LogP contribution is -2.31. The molecule has 1 unspecified atom stereocenters. The highest BCUT2D eigenvalue weighted by molar-refractivity contribution is 5.75. The van der Waals surface area contributed by atoms with E-state index < -0.39 is 6.04 Å². The third-order valence-electron chi connectivity index (χ3n) is 1.56. The second kappa shape index (κ2) is 6.62. The molecule has 0 heterocycles. The molecule has 0 aromatic heterocycles. The summed E-state index contributed by atoms with van der Waals surface area (Å²) in [5.74, 6) is -0.382. The molecule has 12 heavy (non-hydrogen) atoms. The average Bonchev–Trinajstić information content (AvgIpc) is 2.10. The summed E-state index contributed by atoms with van der Waals surface area (Å²) < 4.78 is 4.44. The van der Waals surface area contributed by atoms with E-state index in [1.165, 1.54) is 7.11 Å². The number of esters is 1. The maximum Gasteiger partial charge on any atom is 0.322 e. The van der Waals surface area contributed by atoms with Gasteiger partial charge in [-0.05, 0) is 12.8 Å².